The van der Waals surface area contributed by atoms with Gasteiger partial charge in [-0.2, -0.15) is 0 Å². The summed E-state index contributed by atoms with van der Waals surface area (Å²) in [5.74, 6) is -2.18. The Morgan fingerprint density at radius 1 is 0.771 bits per heavy atom. The largest absolute Gasteiger partial charge is 0.494 e. The highest BCUT2D eigenvalue weighted by molar-refractivity contribution is 6.37. The van der Waals surface area contributed by atoms with E-state index in [0.717, 1.165) is 9.47 Å². The molecule has 35 heavy (non-hydrogen) atoms. The molecule has 10 nitrogen and oxygen atoms in total. The average Bonchev–Trinajstić information content (AvgIpc) is 2.83. The van der Waals surface area contributed by atoms with E-state index in [0.29, 0.717) is 11.4 Å². The molecule has 1 aromatic heterocycles. The predicted molar refractivity (Wildman–Crippen MR) is 128 cm³/mol. The Morgan fingerprint density at radius 3 is 2.06 bits per heavy atom. The normalized spacial score (nSPS) is 15.4. The Bertz CT molecular complexity index is 1510. The Morgan fingerprint density at radius 2 is 1.40 bits per heavy atom. The number of hydrogen-bond donors (Lipinski definition) is 3. The van der Waals surface area contributed by atoms with Crippen LogP contribution in [-0.2, 0) is 9.59 Å². The van der Waals surface area contributed by atoms with E-state index in [1.54, 1.807) is 60.7 Å². The van der Waals surface area contributed by atoms with Crippen LogP contribution in [-0.4, -0.2) is 32.5 Å². The van der Waals surface area contributed by atoms with E-state index in [1.165, 1.54) is 30.4 Å². The summed E-state index contributed by atoms with van der Waals surface area (Å²) >= 11 is 0. The number of rotatable bonds is 5. The highest BCUT2D eigenvalue weighted by Gasteiger charge is 2.36. The van der Waals surface area contributed by atoms with E-state index in [2.05, 4.69) is 10.3 Å². The number of carbonyl (C=O) groups is 3. The van der Waals surface area contributed by atoms with Crippen LogP contribution in [0.5, 0.6) is 5.88 Å². The van der Waals surface area contributed by atoms with Crippen molar-refractivity contribution in [2.45, 2.75) is 0 Å². The van der Waals surface area contributed by atoms with Gasteiger partial charge in [0.1, 0.15) is 11.1 Å². The number of hydrogen-bond acceptors (Lipinski definition) is 6. The number of allylic oxidation sites excluding steroid dienone is 4. The van der Waals surface area contributed by atoms with E-state index in [9.17, 15) is 29.1 Å². The second-order valence-corrected chi connectivity index (χ2v) is 7.23. The predicted octanol–water partition coefficient (Wildman–Crippen LogP) is 2.01. The summed E-state index contributed by atoms with van der Waals surface area (Å²) in [4.78, 5) is 64.4. The second-order valence-electron chi connectivity index (χ2n) is 7.23. The van der Waals surface area contributed by atoms with Crippen molar-refractivity contribution in [1.29, 1.82) is 0 Å². The first kappa shape index (κ1) is 22.9. The first-order valence-electron chi connectivity index (χ1n) is 10.3. The summed E-state index contributed by atoms with van der Waals surface area (Å²) < 4.78 is 0.951. The minimum atomic E-state index is -0.851. The van der Waals surface area contributed by atoms with Crippen molar-refractivity contribution in [1.82, 2.24) is 14.9 Å². The van der Waals surface area contributed by atoms with Crippen LogP contribution in [0.2, 0.25) is 0 Å². The van der Waals surface area contributed by atoms with Gasteiger partial charge in [-0.05, 0) is 36.4 Å². The standard InChI is InChI=1S/C25H18N4O6/c30-20-18(22(32)28(24(34)26-20)16-10-4-1-5-11-16)14-8-3-9-15-19-21(31)27-25(35)29(23(19)33)17-12-6-2-7-13-17/h1-15,32H,(H,26,30,34)(H,27,31,35)/b9-3+,14-8+,19-15-. The summed E-state index contributed by atoms with van der Waals surface area (Å²) in [5.41, 5.74) is -1.35. The molecule has 174 valence electrons. The average molecular weight is 470 g/mol. The lowest BCUT2D eigenvalue weighted by molar-refractivity contribution is -0.122. The van der Waals surface area contributed by atoms with Gasteiger partial charge >= 0.3 is 11.7 Å². The van der Waals surface area contributed by atoms with Gasteiger partial charge in [0.2, 0.25) is 5.88 Å². The van der Waals surface area contributed by atoms with Crippen molar-refractivity contribution < 1.29 is 19.5 Å². The summed E-state index contributed by atoms with van der Waals surface area (Å²) in [5, 5.41) is 12.6. The maximum Gasteiger partial charge on any atom is 0.335 e. The molecule has 0 unspecified atom stereocenters. The monoisotopic (exact) mass is 470 g/mol. The number of benzene rings is 2. The zero-order valence-electron chi connectivity index (χ0n) is 18.0. The lowest BCUT2D eigenvalue weighted by Gasteiger charge is -2.26. The molecule has 0 aliphatic carbocycles. The third kappa shape index (κ3) is 4.62. The molecule has 0 saturated carbocycles. The van der Waals surface area contributed by atoms with Crippen LogP contribution >= 0.6 is 0 Å². The number of aromatic amines is 1. The number of amides is 4. The third-order valence-electron chi connectivity index (χ3n) is 5.00. The van der Waals surface area contributed by atoms with Crippen LogP contribution in [0, 0.1) is 0 Å². The van der Waals surface area contributed by atoms with Crippen LogP contribution in [0.4, 0.5) is 10.5 Å². The molecular formula is C25H18N4O6. The zero-order valence-corrected chi connectivity index (χ0v) is 18.0. The summed E-state index contributed by atoms with van der Waals surface area (Å²) in [6.45, 7) is 0. The van der Waals surface area contributed by atoms with Crippen LogP contribution in [0.25, 0.3) is 11.8 Å². The van der Waals surface area contributed by atoms with Gasteiger partial charge in [-0.3, -0.25) is 24.7 Å². The fourth-order valence-electron chi connectivity index (χ4n) is 3.36. The van der Waals surface area contributed by atoms with Crippen molar-refractivity contribution in [3.63, 3.8) is 0 Å². The number of aromatic hydroxyl groups is 1. The molecule has 1 aliphatic heterocycles. The number of anilines is 1. The van der Waals surface area contributed by atoms with Crippen LogP contribution < -0.4 is 21.5 Å². The minimum Gasteiger partial charge on any atom is -0.494 e. The number of imide groups is 2. The van der Waals surface area contributed by atoms with Crippen LogP contribution in [0.15, 0.2) is 100 Å². The van der Waals surface area contributed by atoms with Crippen molar-refractivity contribution >= 4 is 29.6 Å². The maximum atomic E-state index is 12.7. The number of nitrogens with one attached hydrogen (secondary N) is 2. The van der Waals surface area contributed by atoms with Crippen molar-refractivity contribution in [2.24, 2.45) is 0 Å². The van der Waals surface area contributed by atoms with Crippen LogP contribution in [0.3, 0.4) is 0 Å². The zero-order chi connectivity index (χ0) is 24.9. The van der Waals surface area contributed by atoms with Gasteiger partial charge in [0, 0.05) is 0 Å². The molecule has 4 amide bonds. The molecule has 0 radical (unpaired) electrons. The summed E-state index contributed by atoms with van der Waals surface area (Å²) in [6.07, 6.45) is 6.64. The van der Waals surface area contributed by atoms with Gasteiger partial charge in [0.25, 0.3) is 17.4 Å². The van der Waals surface area contributed by atoms with Gasteiger partial charge in [-0.25, -0.2) is 19.1 Å². The molecule has 2 heterocycles. The molecule has 3 N–H and O–H groups in total. The Kier molecular flexibility index (Phi) is 6.36. The Balaban J connectivity index is 1.59. The summed E-state index contributed by atoms with van der Waals surface area (Å²) in [6, 6.07) is 15.6. The fraction of sp³-hybridized carbons (Fsp3) is 0. The second kappa shape index (κ2) is 9.71. The number of barbiturate groups is 1. The molecule has 0 bridgehead atoms. The van der Waals surface area contributed by atoms with Gasteiger partial charge in [-0.15, -0.1) is 0 Å². The van der Waals surface area contributed by atoms with Crippen molar-refractivity contribution in [3.8, 4) is 11.6 Å². The fourth-order valence-corrected chi connectivity index (χ4v) is 3.36. The number of H-pyrrole nitrogens is 1. The van der Waals surface area contributed by atoms with Crippen molar-refractivity contribution in [2.75, 3.05) is 4.90 Å². The van der Waals surface area contributed by atoms with Crippen LogP contribution in [0.1, 0.15) is 5.56 Å². The number of carbonyl (C=O) groups excluding carboxylic acids is 3. The maximum absolute atomic E-state index is 12.7. The smallest absolute Gasteiger partial charge is 0.335 e. The lowest BCUT2D eigenvalue weighted by Crippen LogP contribution is -2.54. The lowest BCUT2D eigenvalue weighted by atomic mass is 10.1. The molecule has 4 rings (SSSR count). The molecule has 10 heteroatoms. The minimum absolute atomic E-state index is 0.168. The molecule has 0 atom stereocenters. The number of nitrogens with zero attached hydrogens (tertiary/aromatic N) is 2. The van der Waals surface area contributed by atoms with Gasteiger partial charge in [0.05, 0.1) is 11.4 Å². The Hall–Kier alpha value is -5.25. The van der Waals surface area contributed by atoms with E-state index >= 15 is 0 Å². The quantitative estimate of drug-likeness (QED) is 0.296. The van der Waals surface area contributed by atoms with E-state index in [-0.39, 0.29) is 11.1 Å². The van der Waals surface area contributed by atoms with Gasteiger partial charge in [0.15, 0.2) is 0 Å². The van der Waals surface area contributed by atoms with E-state index in [4.69, 9.17) is 0 Å². The number of aromatic nitrogens is 2. The highest BCUT2D eigenvalue weighted by Crippen LogP contribution is 2.20. The van der Waals surface area contributed by atoms with E-state index < -0.39 is 35.0 Å². The van der Waals surface area contributed by atoms with E-state index in [1.807, 2.05) is 0 Å². The third-order valence-corrected chi connectivity index (χ3v) is 5.00. The first-order chi connectivity index (χ1) is 16.9. The molecule has 1 fully saturated rings. The van der Waals surface area contributed by atoms with Crippen molar-refractivity contribution in [3.05, 3.63) is 117 Å². The number of urea groups is 1. The highest BCUT2D eigenvalue weighted by atomic mass is 16.3. The first-order valence-corrected chi connectivity index (χ1v) is 10.3. The molecular weight excluding hydrogens is 452 g/mol. The number of para-hydroxylation sites is 2. The molecule has 1 saturated heterocycles. The molecule has 3 aromatic rings. The van der Waals surface area contributed by atoms with Gasteiger partial charge in [-0.1, -0.05) is 54.6 Å². The molecule has 0 spiro atoms. The Labute approximate surface area is 197 Å². The SMILES string of the molecule is O=C1NC(=O)N(c2ccccc2)C(=O)\C1=C/C=C/C=C/c1c(O)n(-c2ccccc2)c(=O)[nH]c1=O. The topological polar surface area (TPSA) is 142 Å². The molecule has 2 aromatic carbocycles. The summed E-state index contributed by atoms with van der Waals surface area (Å²) in [7, 11) is 0. The van der Waals surface area contributed by atoms with Gasteiger partial charge < -0.3 is 5.11 Å². The molecule has 1 aliphatic rings.